The number of hydrogen-bond acceptors (Lipinski definition) is 0. The molecule has 0 fully saturated rings. The zero-order valence-corrected chi connectivity index (χ0v) is 13.1. The van der Waals surface area contributed by atoms with Crippen LogP contribution >= 0.6 is 0 Å². The summed E-state index contributed by atoms with van der Waals surface area (Å²) < 4.78 is 0. The van der Waals surface area contributed by atoms with Crippen LogP contribution in [0.5, 0.6) is 0 Å². The van der Waals surface area contributed by atoms with E-state index in [0.717, 1.165) is 12.8 Å². The Balaban J connectivity index is 2.03. The summed E-state index contributed by atoms with van der Waals surface area (Å²) in [5.41, 5.74) is 7.33. The predicted molar refractivity (Wildman–Crippen MR) is 88.4 cm³/mol. The van der Waals surface area contributed by atoms with E-state index in [1.165, 1.54) is 47.1 Å². The SMILES string of the molecule is CCCCc1cccc(CCc2c(C)cccc2C)c1. The van der Waals surface area contributed by atoms with Gasteiger partial charge in [-0.15, -0.1) is 0 Å². The molecule has 0 N–H and O–H groups in total. The Labute approximate surface area is 123 Å². The molecule has 0 bridgehead atoms. The van der Waals surface area contributed by atoms with Gasteiger partial charge in [-0.05, 0) is 67.3 Å². The summed E-state index contributed by atoms with van der Waals surface area (Å²) in [7, 11) is 0. The zero-order valence-electron chi connectivity index (χ0n) is 13.1. The maximum absolute atomic E-state index is 2.39. The molecule has 0 aliphatic heterocycles. The molecule has 0 saturated heterocycles. The summed E-state index contributed by atoms with van der Waals surface area (Å²) in [6.07, 6.45) is 6.07. The average molecular weight is 266 g/mol. The lowest BCUT2D eigenvalue weighted by molar-refractivity contribution is 0.793. The van der Waals surface area contributed by atoms with Crippen molar-refractivity contribution >= 4 is 0 Å². The fourth-order valence-corrected chi connectivity index (χ4v) is 2.83. The fraction of sp³-hybridized carbons (Fsp3) is 0.400. The first-order valence-electron chi connectivity index (χ1n) is 7.83. The van der Waals surface area contributed by atoms with E-state index in [0.29, 0.717) is 0 Å². The minimum Gasteiger partial charge on any atom is -0.0654 e. The predicted octanol–water partition coefficient (Wildman–Crippen LogP) is 5.43. The maximum Gasteiger partial charge on any atom is -0.0233 e. The first-order chi connectivity index (χ1) is 9.70. The molecule has 0 amide bonds. The second-order valence-electron chi connectivity index (χ2n) is 5.79. The Morgan fingerprint density at radius 3 is 2.00 bits per heavy atom. The Kier molecular flexibility index (Phi) is 5.40. The summed E-state index contributed by atoms with van der Waals surface area (Å²) >= 11 is 0. The quantitative estimate of drug-likeness (QED) is 0.654. The van der Waals surface area contributed by atoms with E-state index in [-0.39, 0.29) is 0 Å². The summed E-state index contributed by atoms with van der Waals surface area (Å²) in [5, 5.41) is 0. The Hall–Kier alpha value is -1.56. The second kappa shape index (κ2) is 7.28. The topological polar surface area (TPSA) is 0 Å². The molecule has 2 aromatic rings. The molecule has 0 nitrogen and oxygen atoms in total. The Bertz CT molecular complexity index is 531. The molecule has 0 aromatic heterocycles. The molecule has 0 radical (unpaired) electrons. The monoisotopic (exact) mass is 266 g/mol. The largest absolute Gasteiger partial charge is 0.0654 e. The van der Waals surface area contributed by atoms with Gasteiger partial charge in [0.05, 0.1) is 0 Å². The maximum atomic E-state index is 2.39. The normalized spacial score (nSPS) is 10.8. The van der Waals surface area contributed by atoms with Gasteiger partial charge in [0.25, 0.3) is 0 Å². The molecule has 0 unspecified atom stereocenters. The molecular weight excluding hydrogens is 240 g/mol. The number of rotatable bonds is 6. The third-order valence-electron chi connectivity index (χ3n) is 4.12. The van der Waals surface area contributed by atoms with Gasteiger partial charge in [0.1, 0.15) is 0 Å². The Morgan fingerprint density at radius 1 is 0.750 bits per heavy atom. The van der Waals surface area contributed by atoms with Crippen molar-refractivity contribution in [1.82, 2.24) is 0 Å². The molecule has 0 aliphatic carbocycles. The van der Waals surface area contributed by atoms with Crippen molar-refractivity contribution in [1.29, 1.82) is 0 Å². The highest BCUT2D eigenvalue weighted by Crippen LogP contribution is 2.17. The van der Waals surface area contributed by atoms with Gasteiger partial charge < -0.3 is 0 Å². The van der Waals surface area contributed by atoms with Crippen LogP contribution in [0.15, 0.2) is 42.5 Å². The fourth-order valence-electron chi connectivity index (χ4n) is 2.83. The lowest BCUT2D eigenvalue weighted by Gasteiger charge is -2.10. The van der Waals surface area contributed by atoms with Crippen LogP contribution in [0.4, 0.5) is 0 Å². The van der Waals surface area contributed by atoms with E-state index < -0.39 is 0 Å². The van der Waals surface area contributed by atoms with E-state index in [4.69, 9.17) is 0 Å². The van der Waals surface area contributed by atoms with E-state index in [2.05, 4.69) is 63.2 Å². The van der Waals surface area contributed by atoms with Crippen LogP contribution in [0.2, 0.25) is 0 Å². The third kappa shape index (κ3) is 3.96. The van der Waals surface area contributed by atoms with Gasteiger partial charge in [0.15, 0.2) is 0 Å². The number of aryl methyl sites for hydroxylation is 4. The van der Waals surface area contributed by atoms with Crippen molar-refractivity contribution in [3.63, 3.8) is 0 Å². The van der Waals surface area contributed by atoms with Crippen molar-refractivity contribution in [2.75, 3.05) is 0 Å². The number of hydrogen-bond donors (Lipinski definition) is 0. The van der Waals surface area contributed by atoms with Crippen LogP contribution < -0.4 is 0 Å². The van der Waals surface area contributed by atoms with Crippen molar-refractivity contribution in [3.8, 4) is 0 Å². The molecule has 20 heavy (non-hydrogen) atoms. The lowest BCUT2D eigenvalue weighted by Crippen LogP contribution is -1.98. The van der Waals surface area contributed by atoms with Gasteiger partial charge in [0, 0.05) is 0 Å². The highest BCUT2D eigenvalue weighted by molar-refractivity contribution is 5.34. The van der Waals surface area contributed by atoms with Crippen LogP contribution in [0.3, 0.4) is 0 Å². The van der Waals surface area contributed by atoms with Crippen molar-refractivity contribution in [2.45, 2.75) is 52.9 Å². The van der Waals surface area contributed by atoms with E-state index in [1.807, 2.05) is 0 Å². The summed E-state index contributed by atoms with van der Waals surface area (Å²) in [6.45, 7) is 6.70. The van der Waals surface area contributed by atoms with Crippen molar-refractivity contribution in [3.05, 3.63) is 70.3 Å². The van der Waals surface area contributed by atoms with Crippen molar-refractivity contribution < 1.29 is 0 Å². The van der Waals surface area contributed by atoms with Crippen LogP contribution in [-0.4, -0.2) is 0 Å². The van der Waals surface area contributed by atoms with Gasteiger partial charge in [-0.1, -0.05) is 55.8 Å². The summed E-state index contributed by atoms with van der Waals surface area (Å²) in [5.74, 6) is 0. The molecule has 2 aromatic carbocycles. The average Bonchev–Trinajstić information content (AvgIpc) is 2.45. The molecule has 0 saturated carbocycles. The Morgan fingerprint density at radius 2 is 1.35 bits per heavy atom. The van der Waals surface area contributed by atoms with Gasteiger partial charge >= 0.3 is 0 Å². The molecular formula is C20H26. The summed E-state index contributed by atoms with van der Waals surface area (Å²) in [6, 6.07) is 15.7. The molecule has 0 spiro atoms. The molecule has 0 atom stereocenters. The van der Waals surface area contributed by atoms with E-state index in [9.17, 15) is 0 Å². The third-order valence-corrected chi connectivity index (χ3v) is 4.12. The van der Waals surface area contributed by atoms with Gasteiger partial charge in [0.2, 0.25) is 0 Å². The molecule has 0 heterocycles. The number of benzene rings is 2. The van der Waals surface area contributed by atoms with Crippen LogP contribution in [0.1, 0.15) is 47.6 Å². The number of unbranched alkanes of at least 4 members (excludes halogenated alkanes) is 1. The molecule has 2 rings (SSSR count). The highest BCUT2D eigenvalue weighted by Gasteiger charge is 2.03. The first-order valence-corrected chi connectivity index (χ1v) is 7.83. The summed E-state index contributed by atoms with van der Waals surface area (Å²) in [4.78, 5) is 0. The van der Waals surface area contributed by atoms with Gasteiger partial charge in [-0.25, -0.2) is 0 Å². The smallest absolute Gasteiger partial charge is 0.0233 e. The molecule has 0 aliphatic rings. The van der Waals surface area contributed by atoms with Gasteiger partial charge in [-0.3, -0.25) is 0 Å². The first kappa shape index (κ1) is 14.8. The highest BCUT2D eigenvalue weighted by atomic mass is 14.1. The lowest BCUT2D eigenvalue weighted by atomic mass is 9.95. The molecule has 0 heteroatoms. The minimum atomic E-state index is 1.14. The van der Waals surface area contributed by atoms with Crippen LogP contribution in [-0.2, 0) is 19.3 Å². The van der Waals surface area contributed by atoms with Crippen molar-refractivity contribution in [2.24, 2.45) is 0 Å². The van der Waals surface area contributed by atoms with Crippen LogP contribution in [0.25, 0.3) is 0 Å². The molecule has 106 valence electrons. The van der Waals surface area contributed by atoms with Gasteiger partial charge in [-0.2, -0.15) is 0 Å². The van der Waals surface area contributed by atoms with E-state index in [1.54, 1.807) is 0 Å². The standard InChI is InChI=1S/C20H26/c1-4-5-10-18-11-7-12-19(15-18)13-14-20-16(2)8-6-9-17(20)3/h6-9,11-12,15H,4-5,10,13-14H2,1-3H3. The van der Waals surface area contributed by atoms with Crippen LogP contribution in [0, 0.1) is 13.8 Å². The second-order valence-corrected chi connectivity index (χ2v) is 5.79. The zero-order chi connectivity index (χ0) is 14.4. The van der Waals surface area contributed by atoms with E-state index >= 15 is 0 Å². The minimum absolute atomic E-state index is 1.14.